The molecule has 0 radical (unpaired) electrons. The molecule has 0 saturated heterocycles. The number of hydrogen-bond donors (Lipinski definition) is 1. The molecule has 29 heavy (non-hydrogen) atoms. The number of hydrogen-bond acceptors (Lipinski definition) is 5. The SMILES string of the molecule is O=C(OCCN1C(=O)c2ccccc2C1=O)c1ccccc1Nc1ccccc1. The molecule has 3 aromatic rings. The van der Waals surface area contributed by atoms with Crippen molar-refractivity contribution in [3.05, 3.63) is 95.6 Å². The van der Waals surface area contributed by atoms with Crippen LogP contribution in [0.25, 0.3) is 0 Å². The highest BCUT2D eigenvalue weighted by Crippen LogP contribution is 2.23. The summed E-state index contributed by atoms with van der Waals surface area (Å²) in [4.78, 5) is 38.4. The smallest absolute Gasteiger partial charge is 0.340 e. The van der Waals surface area contributed by atoms with Crippen LogP contribution in [0.3, 0.4) is 0 Å². The summed E-state index contributed by atoms with van der Waals surface area (Å²) in [6, 6.07) is 23.2. The number of nitrogens with one attached hydrogen (secondary N) is 1. The number of fused-ring (bicyclic) bond motifs is 1. The Kier molecular flexibility index (Phi) is 5.07. The van der Waals surface area contributed by atoms with Crippen LogP contribution < -0.4 is 5.32 Å². The molecular weight excluding hydrogens is 368 g/mol. The van der Waals surface area contributed by atoms with E-state index in [-0.39, 0.29) is 25.0 Å². The number of imide groups is 1. The Labute approximate surface area is 167 Å². The largest absolute Gasteiger partial charge is 0.460 e. The summed E-state index contributed by atoms with van der Waals surface area (Å²) in [5.41, 5.74) is 2.59. The lowest BCUT2D eigenvalue weighted by atomic mass is 10.1. The van der Waals surface area contributed by atoms with Gasteiger partial charge in [0, 0.05) is 5.69 Å². The number of nitrogens with zero attached hydrogens (tertiary/aromatic N) is 1. The van der Waals surface area contributed by atoms with E-state index in [0.717, 1.165) is 10.6 Å². The van der Waals surface area contributed by atoms with Crippen molar-refractivity contribution >= 4 is 29.2 Å². The fourth-order valence-corrected chi connectivity index (χ4v) is 3.20. The van der Waals surface area contributed by atoms with Gasteiger partial charge >= 0.3 is 5.97 Å². The van der Waals surface area contributed by atoms with Crippen LogP contribution in [0.4, 0.5) is 11.4 Å². The van der Waals surface area contributed by atoms with Crippen molar-refractivity contribution in [3.63, 3.8) is 0 Å². The van der Waals surface area contributed by atoms with Crippen LogP contribution in [-0.2, 0) is 4.74 Å². The lowest BCUT2D eigenvalue weighted by molar-refractivity contribution is 0.0421. The average molecular weight is 386 g/mol. The molecule has 2 amide bonds. The van der Waals surface area contributed by atoms with Gasteiger partial charge in [-0.05, 0) is 36.4 Å². The summed E-state index contributed by atoms with van der Waals surface area (Å²) in [6.45, 7) is -0.0731. The second-order valence-electron chi connectivity index (χ2n) is 6.48. The molecule has 1 heterocycles. The monoisotopic (exact) mass is 386 g/mol. The first-order valence-corrected chi connectivity index (χ1v) is 9.18. The van der Waals surface area contributed by atoms with Crippen LogP contribution in [0, 0.1) is 0 Å². The molecule has 144 valence electrons. The van der Waals surface area contributed by atoms with Crippen LogP contribution in [0.15, 0.2) is 78.9 Å². The summed E-state index contributed by atoms with van der Waals surface area (Å²) in [6.07, 6.45) is 0. The molecule has 6 heteroatoms. The standard InChI is InChI=1S/C23H18N2O4/c26-21-17-10-4-5-11-18(17)22(27)25(21)14-15-29-23(28)19-12-6-7-13-20(19)24-16-8-2-1-3-9-16/h1-13,24H,14-15H2. The van der Waals surface area contributed by atoms with Crippen molar-refractivity contribution in [2.45, 2.75) is 0 Å². The zero-order valence-electron chi connectivity index (χ0n) is 15.5. The van der Waals surface area contributed by atoms with Gasteiger partial charge in [-0.1, -0.05) is 42.5 Å². The molecule has 0 fully saturated rings. The second kappa shape index (κ2) is 7.98. The molecule has 4 rings (SSSR count). The maximum absolute atomic E-state index is 12.6. The van der Waals surface area contributed by atoms with Crippen LogP contribution in [0.1, 0.15) is 31.1 Å². The molecule has 1 aliphatic heterocycles. The van der Waals surface area contributed by atoms with Gasteiger partial charge in [-0.3, -0.25) is 14.5 Å². The van der Waals surface area contributed by atoms with E-state index >= 15 is 0 Å². The molecule has 0 atom stereocenters. The van der Waals surface area contributed by atoms with Gasteiger partial charge < -0.3 is 10.1 Å². The van der Waals surface area contributed by atoms with Gasteiger partial charge in [0.05, 0.1) is 28.9 Å². The quantitative estimate of drug-likeness (QED) is 0.514. The van der Waals surface area contributed by atoms with Crippen molar-refractivity contribution in [1.82, 2.24) is 4.90 Å². The first-order chi connectivity index (χ1) is 14.1. The number of carbonyl (C=O) groups is 3. The van der Waals surface area contributed by atoms with Crippen molar-refractivity contribution in [1.29, 1.82) is 0 Å². The minimum absolute atomic E-state index is 0.00632. The van der Waals surface area contributed by atoms with E-state index in [1.54, 1.807) is 42.5 Å². The topological polar surface area (TPSA) is 75.7 Å². The fourth-order valence-electron chi connectivity index (χ4n) is 3.20. The molecule has 0 saturated carbocycles. The van der Waals surface area contributed by atoms with E-state index in [0.29, 0.717) is 22.4 Å². The second-order valence-corrected chi connectivity index (χ2v) is 6.48. The molecule has 3 aromatic carbocycles. The first-order valence-electron chi connectivity index (χ1n) is 9.18. The minimum Gasteiger partial charge on any atom is -0.460 e. The summed E-state index contributed by atoms with van der Waals surface area (Å²) < 4.78 is 5.34. The van der Waals surface area contributed by atoms with E-state index < -0.39 is 5.97 Å². The Hall–Kier alpha value is -3.93. The van der Waals surface area contributed by atoms with E-state index in [9.17, 15) is 14.4 Å². The highest BCUT2D eigenvalue weighted by Gasteiger charge is 2.34. The number of rotatable bonds is 6. The van der Waals surface area contributed by atoms with Crippen molar-refractivity contribution in [2.24, 2.45) is 0 Å². The summed E-state index contributed by atoms with van der Waals surface area (Å²) in [5, 5.41) is 3.19. The molecule has 0 aromatic heterocycles. The number of carbonyl (C=O) groups excluding carboxylic acids is 3. The van der Waals surface area contributed by atoms with Crippen LogP contribution in [0.2, 0.25) is 0 Å². The van der Waals surface area contributed by atoms with Gasteiger partial charge in [0.15, 0.2) is 0 Å². The molecule has 0 spiro atoms. The predicted octanol–water partition coefficient (Wildman–Crippen LogP) is 3.88. The number of para-hydroxylation sites is 2. The normalized spacial score (nSPS) is 12.6. The molecule has 0 aliphatic carbocycles. The van der Waals surface area contributed by atoms with Gasteiger partial charge in [0.25, 0.3) is 11.8 Å². The number of esters is 1. The lowest BCUT2D eigenvalue weighted by Gasteiger charge is -2.15. The fraction of sp³-hybridized carbons (Fsp3) is 0.0870. The summed E-state index contributed by atoms with van der Waals surface area (Å²) >= 11 is 0. The predicted molar refractivity (Wildman–Crippen MR) is 108 cm³/mol. The van der Waals surface area contributed by atoms with Gasteiger partial charge in [0.1, 0.15) is 6.61 Å². The highest BCUT2D eigenvalue weighted by molar-refractivity contribution is 6.21. The Bertz CT molecular complexity index is 1040. The Morgan fingerprint density at radius 1 is 0.793 bits per heavy atom. The van der Waals surface area contributed by atoms with Crippen LogP contribution in [-0.4, -0.2) is 35.8 Å². The lowest BCUT2D eigenvalue weighted by Crippen LogP contribution is -2.33. The molecule has 0 unspecified atom stereocenters. The summed E-state index contributed by atoms with van der Waals surface area (Å²) in [7, 11) is 0. The third kappa shape index (κ3) is 3.73. The van der Waals surface area contributed by atoms with Gasteiger partial charge in [0.2, 0.25) is 0 Å². The van der Waals surface area contributed by atoms with Gasteiger partial charge in [-0.15, -0.1) is 0 Å². The number of ether oxygens (including phenoxy) is 1. The molecule has 1 aliphatic rings. The Balaban J connectivity index is 1.40. The Morgan fingerprint density at radius 3 is 2.07 bits per heavy atom. The minimum atomic E-state index is -0.527. The number of amides is 2. The van der Waals surface area contributed by atoms with E-state index in [1.807, 2.05) is 36.4 Å². The van der Waals surface area contributed by atoms with Gasteiger partial charge in [-0.25, -0.2) is 4.79 Å². The zero-order valence-corrected chi connectivity index (χ0v) is 15.5. The molecular formula is C23H18N2O4. The molecule has 0 bridgehead atoms. The van der Waals surface area contributed by atoms with E-state index in [2.05, 4.69) is 5.32 Å². The number of anilines is 2. The van der Waals surface area contributed by atoms with Crippen molar-refractivity contribution in [2.75, 3.05) is 18.5 Å². The third-order valence-corrected chi connectivity index (χ3v) is 4.63. The first kappa shape index (κ1) is 18.4. The van der Waals surface area contributed by atoms with E-state index in [4.69, 9.17) is 4.74 Å². The van der Waals surface area contributed by atoms with Crippen molar-refractivity contribution in [3.8, 4) is 0 Å². The van der Waals surface area contributed by atoms with Crippen LogP contribution in [0.5, 0.6) is 0 Å². The number of benzene rings is 3. The maximum atomic E-state index is 12.6. The molecule has 6 nitrogen and oxygen atoms in total. The van der Waals surface area contributed by atoms with Crippen molar-refractivity contribution < 1.29 is 19.1 Å². The Morgan fingerprint density at radius 2 is 1.38 bits per heavy atom. The average Bonchev–Trinajstić information content (AvgIpc) is 3.00. The van der Waals surface area contributed by atoms with Gasteiger partial charge in [-0.2, -0.15) is 0 Å². The summed E-state index contributed by atoms with van der Waals surface area (Å²) in [5.74, 6) is -1.26. The third-order valence-electron chi connectivity index (χ3n) is 4.63. The molecule has 1 N–H and O–H groups in total. The zero-order chi connectivity index (χ0) is 20.2. The van der Waals surface area contributed by atoms with Crippen LogP contribution >= 0.6 is 0 Å². The highest BCUT2D eigenvalue weighted by atomic mass is 16.5. The maximum Gasteiger partial charge on any atom is 0.340 e. The van der Waals surface area contributed by atoms with E-state index in [1.165, 1.54) is 0 Å².